The Balaban J connectivity index is 2.08. The first-order chi connectivity index (χ1) is 12.2. The molecule has 0 aliphatic rings. The van der Waals surface area contributed by atoms with Crippen LogP contribution in [0.4, 0.5) is 23.4 Å². The summed E-state index contributed by atoms with van der Waals surface area (Å²) in [6.45, 7) is 0. The lowest BCUT2D eigenvalue weighted by Gasteiger charge is -2.06. The van der Waals surface area contributed by atoms with Crippen molar-refractivity contribution in [3.8, 4) is 17.2 Å². The number of alkyl halides is 3. The molecule has 2 aromatic heterocycles. The maximum atomic E-state index is 13.4. The molecular weight excluding hydrogens is 434 g/mol. The van der Waals surface area contributed by atoms with Crippen LogP contribution >= 0.6 is 15.9 Å². The molecule has 1 amide bonds. The second-order valence-electron chi connectivity index (χ2n) is 4.62. The van der Waals surface area contributed by atoms with Gasteiger partial charge in [-0.05, 0) is 44.4 Å². The number of rotatable bonds is 3. The number of carbonyl (C=O) groups excluding carboxylic acids is 1. The van der Waals surface area contributed by atoms with Gasteiger partial charge in [0.2, 0.25) is 11.6 Å². The van der Waals surface area contributed by atoms with Gasteiger partial charge in [-0.1, -0.05) is 5.16 Å². The monoisotopic (exact) mass is 437 g/mol. The van der Waals surface area contributed by atoms with E-state index in [1.165, 1.54) is 17.4 Å². The summed E-state index contributed by atoms with van der Waals surface area (Å²) < 4.78 is 60.1. The molecule has 14 heteroatoms. The third-order valence-electron chi connectivity index (χ3n) is 2.96. The third kappa shape index (κ3) is 3.22. The van der Waals surface area contributed by atoms with Crippen molar-refractivity contribution in [2.45, 2.75) is 6.18 Å². The maximum Gasteiger partial charge on any atom is 0.471 e. The molecule has 0 saturated carbocycles. The smallest absolute Gasteiger partial charge is 0.298 e. The van der Waals surface area contributed by atoms with Crippen LogP contribution in [0.2, 0.25) is 0 Å². The number of aromatic nitrogens is 4. The molecule has 0 atom stereocenters. The van der Waals surface area contributed by atoms with Crippen LogP contribution in [0.3, 0.4) is 0 Å². The Morgan fingerprint density at radius 1 is 1.23 bits per heavy atom. The van der Waals surface area contributed by atoms with Crippen molar-refractivity contribution >= 4 is 27.7 Å². The SMILES string of the molecule is O=C(Nc1nonc1-c1noc(=O)n1-c1ccc(F)c(Br)c1)C(F)(F)F. The quantitative estimate of drug-likeness (QED) is 0.624. The van der Waals surface area contributed by atoms with Gasteiger partial charge in [0.1, 0.15) is 5.82 Å². The lowest BCUT2D eigenvalue weighted by atomic mass is 10.3. The predicted octanol–water partition coefficient (Wildman–Crippen LogP) is 2.28. The Kier molecular flexibility index (Phi) is 4.35. The molecule has 0 radical (unpaired) electrons. The summed E-state index contributed by atoms with van der Waals surface area (Å²) in [6.07, 6.45) is -5.19. The highest BCUT2D eigenvalue weighted by Crippen LogP contribution is 2.27. The van der Waals surface area contributed by atoms with Gasteiger partial charge in [0.05, 0.1) is 10.2 Å². The highest BCUT2D eigenvalue weighted by atomic mass is 79.9. The highest BCUT2D eigenvalue weighted by Gasteiger charge is 2.40. The first kappa shape index (κ1) is 17.8. The van der Waals surface area contributed by atoms with E-state index in [2.05, 4.69) is 40.6 Å². The standard InChI is InChI=1S/C12H4BrF4N5O4/c13-5-3-4(1-2-6(5)14)22-9(21-25-11(22)24)7-8(20-26-19-7)18-10(23)12(15,16)17/h1-3H,(H,18,20,23). The number of hydrogen-bond acceptors (Lipinski definition) is 7. The van der Waals surface area contributed by atoms with Crippen LogP contribution < -0.4 is 11.1 Å². The van der Waals surface area contributed by atoms with Crippen LogP contribution in [0.25, 0.3) is 17.2 Å². The highest BCUT2D eigenvalue weighted by molar-refractivity contribution is 9.10. The van der Waals surface area contributed by atoms with Crippen molar-refractivity contribution in [2.24, 2.45) is 0 Å². The topological polar surface area (TPSA) is 116 Å². The van der Waals surface area contributed by atoms with E-state index in [9.17, 15) is 27.2 Å². The second-order valence-corrected chi connectivity index (χ2v) is 5.47. The zero-order valence-corrected chi connectivity index (χ0v) is 13.6. The van der Waals surface area contributed by atoms with Crippen LogP contribution in [-0.4, -0.2) is 32.1 Å². The molecule has 0 aliphatic heterocycles. The minimum Gasteiger partial charge on any atom is -0.298 e. The molecule has 0 fully saturated rings. The van der Waals surface area contributed by atoms with Gasteiger partial charge >= 0.3 is 17.8 Å². The molecule has 0 unspecified atom stereocenters. The zero-order valence-electron chi connectivity index (χ0n) is 12.0. The van der Waals surface area contributed by atoms with Gasteiger partial charge in [-0.15, -0.1) is 0 Å². The van der Waals surface area contributed by atoms with E-state index >= 15 is 0 Å². The minimum absolute atomic E-state index is 0.00192. The molecule has 3 aromatic rings. The van der Waals surface area contributed by atoms with Gasteiger partial charge in [0, 0.05) is 0 Å². The lowest BCUT2D eigenvalue weighted by Crippen LogP contribution is -2.30. The van der Waals surface area contributed by atoms with Gasteiger partial charge in [-0.2, -0.15) is 13.2 Å². The fourth-order valence-corrected chi connectivity index (χ4v) is 2.21. The molecule has 0 bridgehead atoms. The van der Waals surface area contributed by atoms with E-state index in [1.54, 1.807) is 0 Å². The molecule has 3 rings (SSSR count). The van der Waals surface area contributed by atoms with Gasteiger partial charge in [0.25, 0.3) is 0 Å². The van der Waals surface area contributed by atoms with E-state index in [1.807, 2.05) is 0 Å². The number of anilines is 1. The van der Waals surface area contributed by atoms with Crippen molar-refractivity contribution in [1.82, 2.24) is 20.0 Å². The molecule has 0 spiro atoms. The number of benzene rings is 1. The molecule has 1 aromatic carbocycles. The van der Waals surface area contributed by atoms with Gasteiger partial charge in [-0.3, -0.25) is 14.6 Å². The number of carbonyl (C=O) groups is 1. The van der Waals surface area contributed by atoms with Crippen molar-refractivity contribution < 1.29 is 31.5 Å². The van der Waals surface area contributed by atoms with Gasteiger partial charge < -0.3 is 0 Å². The second kappa shape index (κ2) is 6.36. The van der Waals surface area contributed by atoms with Crippen LogP contribution in [0.1, 0.15) is 0 Å². The molecule has 2 heterocycles. The largest absolute Gasteiger partial charge is 0.471 e. The van der Waals surface area contributed by atoms with Crippen LogP contribution in [0.15, 0.2) is 36.6 Å². The third-order valence-corrected chi connectivity index (χ3v) is 3.56. The van der Waals surface area contributed by atoms with Gasteiger partial charge in [-0.25, -0.2) is 18.4 Å². The maximum absolute atomic E-state index is 13.4. The van der Waals surface area contributed by atoms with Crippen molar-refractivity contribution in [2.75, 3.05) is 5.32 Å². The molecule has 0 saturated heterocycles. The van der Waals surface area contributed by atoms with Crippen LogP contribution in [-0.2, 0) is 4.79 Å². The fraction of sp³-hybridized carbons (Fsp3) is 0.0833. The minimum atomic E-state index is -5.19. The summed E-state index contributed by atoms with van der Waals surface area (Å²) in [5.41, 5.74) is -0.454. The van der Waals surface area contributed by atoms with E-state index < -0.39 is 41.0 Å². The first-order valence-electron chi connectivity index (χ1n) is 6.43. The van der Waals surface area contributed by atoms with E-state index in [0.717, 1.165) is 10.6 Å². The Bertz CT molecular complexity index is 1040. The molecule has 26 heavy (non-hydrogen) atoms. The van der Waals surface area contributed by atoms with Crippen LogP contribution in [0, 0.1) is 5.82 Å². The molecular formula is C12H4BrF4N5O4. The van der Waals surface area contributed by atoms with Gasteiger partial charge in [0.15, 0.2) is 5.69 Å². The zero-order chi connectivity index (χ0) is 19.1. The first-order valence-corrected chi connectivity index (χ1v) is 7.23. The number of nitrogens with zero attached hydrogens (tertiary/aromatic N) is 4. The van der Waals surface area contributed by atoms with Crippen molar-refractivity contribution in [3.63, 3.8) is 0 Å². The fourth-order valence-electron chi connectivity index (χ4n) is 1.85. The molecule has 0 aliphatic carbocycles. The number of hydrogen-bond donors (Lipinski definition) is 1. The number of amides is 1. The Morgan fingerprint density at radius 3 is 2.62 bits per heavy atom. The number of halogens is 5. The summed E-state index contributed by atoms with van der Waals surface area (Å²) in [4.78, 5) is 23.0. The average molecular weight is 438 g/mol. The van der Waals surface area contributed by atoms with Crippen LogP contribution in [0.5, 0.6) is 0 Å². The average Bonchev–Trinajstić information content (AvgIpc) is 3.15. The summed E-state index contributed by atoms with van der Waals surface area (Å²) >= 11 is 2.93. The summed E-state index contributed by atoms with van der Waals surface area (Å²) in [5, 5.41) is 11.3. The van der Waals surface area contributed by atoms with Crippen molar-refractivity contribution in [1.29, 1.82) is 0 Å². The predicted molar refractivity (Wildman–Crippen MR) is 77.7 cm³/mol. The number of nitrogens with one attached hydrogen (secondary N) is 1. The summed E-state index contributed by atoms with van der Waals surface area (Å²) in [6, 6.07) is 3.40. The van der Waals surface area contributed by atoms with E-state index in [4.69, 9.17) is 0 Å². The van der Waals surface area contributed by atoms with Crippen molar-refractivity contribution in [3.05, 3.63) is 39.0 Å². The summed E-state index contributed by atoms with van der Waals surface area (Å²) in [7, 11) is 0. The Morgan fingerprint density at radius 2 is 1.96 bits per heavy atom. The summed E-state index contributed by atoms with van der Waals surface area (Å²) in [5.74, 6) is -5.17. The normalized spacial score (nSPS) is 11.6. The molecule has 1 N–H and O–H groups in total. The lowest BCUT2D eigenvalue weighted by molar-refractivity contribution is -0.167. The molecule has 136 valence electrons. The Labute approximate surface area is 147 Å². The Hall–Kier alpha value is -3.03. The van der Waals surface area contributed by atoms with E-state index in [-0.39, 0.29) is 10.2 Å². The molecule has 9 nitrogen and oxygen atoms in total. The van der Waals surface area contributed by atoms with E-state index in [0.29, 0.717) is 0 Å².